The summed E-state index contributed by atoms with van der Waals surface area (Å²) in [4.78, 5) is 32.5. The van der Waals surface area contributed by atoms with E-state index >= 15 is 0 Å². The highest BCUT2D eigenvalue weighted by molar-refractivity contribution is 9.10. The standard InChI is InChI=1S/C27H22BrN3O3/c1-16-13-30(14-25-29-24-12-17(28)10-11-22(24)26(32)31(16)25)27(33)34-15-23-20-8-4-2-6-18(20)19-7-3-5-9-21(19)23/h2-12,16,23H,13-15H2,1H3. The fraction of sp³-hybridized carbons (Fsp3) is 0.222. The molecule has 3 aromatic carbocycles. The molecule has 6 nitrogen and oxygen atoms in total. The van der Waals surface area contributed by atoms with E-state index in [1.807, 2.05) is 43.3 Å². The average Bonchev–Trinajstić information content (AvgIpc) is 3.15. The quantitative estimate of drug-likeness (QED) is 0.354. The Morgan fingerprint density at radius 3 is 2.44 bits per heavy atom. The van der Waals surface area contributed by atoms with Crippen molar-refractivity contribution in [3.05, 3.63) is 98.5 Å². The summed E-state index contributed by atoms with van der Waals surface area (Å²) in [6, 6.07) is 21.8. The third-order valence-electron chi connectivity index (χ3n) is 6.79. The Morgan fingerprint density at radius 1 is 1.06 bits per heavy atom. The van der Waals surface area contributed by atoms with Gasteiger partial charge in [0.2, 0.25) is 0 Å². The van der Waals surface area contributed by atoms with Crippen LogP contribution >= 0.6 is 15.9 Å². The Morgan fingerprint density at radius 2 is 1.74 bits per heavy atom. The molecular formula is C27H22BrN3O3. The molecule has 1 atom stereocenters. The van der Waals surface area contributed by atoms with Gasteiger partial charge < -0.3 is 4.74 Å². The lowest BCUT2D eigenvalue weighted by atomic mass is 9.98. The first-order valence-electron chi connectivity index (χ1n) is 11.3. The molecule has 2 heterocycles. The van der Waals surface area contributed by atoms with Crippen molar-refractivity contribution in [2.24, 2.45) is 0 Å². The monoisotopic (exact) mass is 515 g/mol. The largest absolute Gasteiger partial charge is 0.448 e. The van der Waals surface area contributed by atoms with Crippen molar-refractivity contribution in [1.29, 1.82) is 0 Å². The van der Waals surface area contributed by atoms with Crippen LogP contribution in [-0.2, 0) is 11.3 Å². The molecule has 1 aliphatic carbocycles. The van der Waals surface area contributed by atoms with E-state index in [-0.39, 0.29) is 36.8 Å². The van der Waals surface area contributed by atoms with Crippen molar-refractivity contribution in [3.8, 4) is 11.1 Å². The molecule has 0 fully saturated rings. The van der Waals surface area contributed by atoms with Crippen LogP contribution in [0.2, 0.25) is 0 Å². The lowest BCUT2D eigenvalue weighted by molar-refractivity contribution is 0.0832. The van der Waals surface area contributed by atoms with E-state index in [1.54, 1.807) is 15.5 Å². The van der Waals surface area contributed by atoms with Crippen LogP contribution in [0.3, 0.4) is 0 Å². The van der Waals surface area contributed by atoms with Gasteiger partial charge in [-0.05, 0) is 47.4 Å². The number of benzene rings is 3. The summed E-state index contributed by atoms with van der Waals surface area (Å²) in [5.74, 6) is 0.579. The molecule has 1 aromatic heterocycles. The number of carbonyl (C=O) groups excluding carboxylic acids is 1. The van der Waals surface area contributed by atoms with E-state index in [2.05, 4.69) is 40.2 Å². The summed E-state index contributed by atoms with van der Waals surface area (Å²) in [5.41, 5.74) is 5.29. The molecule has 6 rings (SSSR count). The van der Waals surface area contributed by atoms with E-state index in [0.717, 1.165) is 4.47 Å². The van der Waals surface area contributed by atoms with Crippen molar-refractivity contribution in [3.63, 3.8) is 0 Å². The first-order valence-corrected chi connectivity index (χ1v) is 12.1. The summed E-state index contributed by atoms with van der Waals surface area (Å²) >= 11 is 3.44. The number of hydrogen-bond donors (Lipinski definition) is 0. The third kappa shape index (κ3) is 3.34. The Bertz CT molecular complexity index is 1470. The van der Waals surface area contributed by atoms with Crippen molar-refractivity contribution >= 4 is 32.9 Å². The molecule has 0 N–H and O–H groups in total. The molecule has 4 aromatic rings. The normalized spacial score (nSPS) is 16.8. The van der Waals surface area contributed by atoms with Gasteiger partial charge in [0.05, 0.1) is 23.5 Å². The number of carbonyl (C=O) groups is 1. The summed E-state index contributed by atoms with van der Waals surface area (Å²) in [6.07, 6.45) is -0.386. The second-order valence-electron chi connectivity index (χ2n) is 8.90. The van der Waals surface area contributed by atoms with Gasteiger partial charge in [-0.2, -0.15) is 0 Å². The predicted octanol–water partition coefficient (Wildman–Crippen LogP) is 5.48. The van der Waals surface area contributed by atoms with Crippen LogP contribution in [-0.4, -0.2) is 33.7 Å². The maximum atomic E-state index is 13.1. The summed E-state index contributed by atoms with van der Waals surface area (Å²) in [7, 11) is 0. The van der Waals surface area contributed by atoms with Crippen molar-refractivity contribution in [1.82, 2.24) is 14.5 Å². The van der Waals surface area contributed by atoms with Crippen LogP contribution < -0.4 is 5.56 Å². The molecule has 0 bridgehead atoms. The number of halogens is 1. The zero-order valence-corrected chi connectivity index (χ0v) is 20.2. The minimum atomic E-state index is -0.386. The highest BCUT2D eigenvalue weighted by atomic mass is 79.9. The van der Waals surface area contributed by atoms with Crippen LogP contribution in [0.25, 0.3) is 22.0 Å². The summed E-state index contributed by atoms with van der Waals surface area (Å²) in [6.45, 7) is 2.83. The average molecular weight is 516 g/mol. The smallest absolute Gasteiger partial charge is 0.410 e. The molecule has 0 saturated carbocycles. The van der Waals surface area contributed by atoms with E-state index in [9.17, 15) is 9.59 Å². The lowest BCUT2D eigenvalue weighted by Crippen LogP contribution is -2.45. The van der Waals surface area contributed by atoms with Gasteiger partial charge in [-0.15, -0.1) is 0 Å². The molecule has 1 aliphatic heterocycles. The number of fused-ring (bicyclic) bond motifs is 5. The lowest BCUT2D eigenvalue weighted by Gasteiger charge is -2.33. The summed E-state index contributed by atoms with van der Waals surface area (Å²) < 4.78 is 8.40. The van der Waals surface area contributed by atoms with Gasteiger partial charge >= 0.3 is 6.09 Å². The maximum Gasteiger partial charge on any atom is 0.410 e. The molecule has 170 valence electrons. The number of hydrogen-bond acceptors (Lipinski definition) is 4. The van der Waals surface area contributed by atoms with E-state index < -0.39 is 0 Å². The number of ether oxygens (including phenoxy) is 1. The van der Waals surface area contributed by atoms with Crippen LogP contribution in [0, 0.1) is 0 Å². The van der Waals surface area contributed by atoms with Gasteiger partial charge in [0, 0.05) is 16.9 Å². The van der Waals surface area contributed by atoms with Crippen LogP contribution in [0.4, 0.5) is 4.79 Å². The van der Waals surface area contributed by atoms with Crippen molar-refractivity contribution in [2.45, 2.75) is 25.4 Å². The Hall–Kier alpha value is -3.45. The van der Waals surface area contributed by atoms with E-state index in [0.29, 0.717) is 23.3 Å². The van der Waals surface area contributed by atoms with Gasteiger partial charge in [-0.1, -0.05) is 64.5 Å². The first-order chi connectivity index (χ1) is 16.5. The predicted molar refractivity (Wildman–Crippen MR) is 134 cm³/mol. The van der Waals surface area contributed by atoms with Gasteiger partial charge in [-0.3, -0.25) is 14.3 Å². The topological polar surface area (TPSA) is 64.4 Å². The molecule has 0 radical (unpaired) electrons. The third-order valence-corrected chi connectivity index (χ3v) is 7.28. The highest BCUT2D eigenvalue weighted by Crippen LogP contribution is 2.44. The first kappa shape index (κ1) is 21.1. The number of amides is 1. The van der Waals surface area contributed by atoms with Gasteiger partial charge in [0.25, 0.3) is 5.56 Å². The highest BCUT2D eigenvalue weighted by Gasteiger charge is 2.32. The van der Waals surface area contributed by atoms with E-state index in [1.165, 1.54) is 22.3 Å². The van der Waals surface area contributed by atoms with Crippen molar-refractivity contribution in [2.75, 3.05) is 13.2 Å². The Kier molecular flexibility index (Phi) is 5.03. The molecule has 0 spiro atoms. The zero-order chi connectivity index (χ0) is 23.4. The Labute approximate surface area is 204 Å². The van der Waals surface area contributed by atoms with Crippen LogP contribution in [0.15, 0.2) is 76.0 Å². The molecular weight excluding hydrogens is 494 g/mol. The second kappa shape index (κ2) is 8.09. The molecule has 7 heteroatoms. The number of aromatic nitrogens is 2. The molecule has 1 amide bonds. The number of rotatable bonds is 2. The molecule has 2 aliphatic rings. The summed E-state index contributed by atoms with van der Waals surface area (Å²) in [5, 5.41) is 0.577. The van der Waals surface area contributed by atoms with Gasteiger partial charge in [0.1, 0.15) is 12.4 Å². The van der Waals surface area contributed by atoms with E-state index in [4.69, 9.17) is 9.72 Å². The minimum Gasteiger partial charge on any atom is -0.448 e. The van der Waals surface area contributed by atoms with Crippen molar-refractivity contribution < 1.29 is 9.53 Å². The molecule has 1 unspecified atom stereocenters. The SMILES string of the molecule is CC1CN(C(=O)OCC2c3ccccc3-c3ccccc32)Cc2nc3cc(Br)ccc3c(=O)n21. The fourth-order valence-electron chi connectivity index (χ4n) is 5.24. The second-order valence-corrected chi connectivity index (χ2v) is 9.81. The van der Waals surface area contributed by atoms with Crippen LogP contribution in [0.5, 0.6) is 0 Å². The van der Waals surface area contributed by atoms with Gasteiger partial charge in [0.15, 0.2) is 0 Å². The van der Waals surface area contributed by atoms with Crippen LogP contribution in [0.1, 0.15) is 35.8 Å². The maximum absolute atomic E-state index is 13.1. The number of nitrogens with zero attached hydrogens (tertiary/aromatic N) is 3. The van der Waals surface area contributed by atoms with Gasteiger partial charge in [-0.25, -0.2) is 9.78 Å². The molecule has 34 heavy (non-hydrogen) atoms. The zero-order valence-electron chi connectivity index (χ0n) is 18.6. The minimum absolute atomic E-state index is 0.00730. The Balaban J connectivity index is 1.25. The fourth-order valence-corrected chi connectivity index (χ4v) is 5.59. The molecule has 0 saturated heterocycles.